The molecule has 0 spiro atoms. The molecular weight excluding hydrogens is 466 g/mol. The Morgan fingerprint density at radius 3 is 1.97 bits per heavy atom. The minimum absolute atomic E-state index is 0.00209. The van der Waals surface area contributed by atoms with Crippen molar-refractivity contribution in [3.8, 4) is 24.3 Å². The summed E-state index contributed by atoms with van der Waals surface area (Å²) in [4.78, 5) is 1.98. The van der Waals surface area contributed by atoms with Crippen molar-refractivity contribution >= 4 is 45.2 Å². The molecule has 0 aliphatic heterocycles. The number of allylic oxidation sites excluding steroid dienone is 2. The molecule has 0 fully saturated rings. The lowest BCUT2D eigenvalue weighted by atomic mass is 9.86. The molecule has 0 bridgehead atoms. The van der Waals surface area contributed by atoms with Crippen molar-refractivity contribution in [2.24, 2.45) is 0 Å². The summed E-state index contributed by atoms with van der Waals surface area (Å²) in [7, 11) is 3.89. The van der Waals surface area contributed by atoms with Crippen LogP contribution in [0.25, 0.3) is 27.8 Å². The summed E-state index contributed by atoms with van der Waals surface area (Å²) in [6, 6.07) is 28.1. The zero-order valence-electron chi connectivity index (χ0n) is 19.4. The van der Waals surface area contributed by atoms with E-state index in [0.29, 0.717) is 38.2 Å². The summed E-state index contributed by atoms with van der Waals surface area (Å²) < 4.78 is 8.76. The molecule has 0 saturated heterocycles. The second-order valence-electron chi connectivity index (χ2n) is 7.90. The molecule has 36 heavy (non-hydrogen) atoms. The Labute approximate surface area is 211 Å². The number of nitrogens with zero attached hydrogens (tertiary/aromatic N) is 7. The van der Waals surface area contributed by atoms with Crippen molar-refractivity contribution in [2.75, 3.05) is 19.0 Å². The highest BCUT2D eigenvalue weighted by atomic mass is 32.1. The maximum atomic E-state index is 9.96. The first-order valence-electron chi connectivity index (χ1n) is 10.7. The molecule has 8 heteroatoms. The molecule has 1 heterocycles. The number of aromatic nitrogens is 2. The zero-order valence-corrected chi connectivity index (χ0v) is 20.2. The average molecular weight is 484 g/mol. The van der Waals surface area contributed by atoms with Crippen LogP contribution in [0.2, 0.25) is 0 Å². The summed E-state index contributed by atoms with van der Waals surface area (Å²) in [5, 5.41) is 39.6. The van der Waals surface area contributed by atoms with Gasteiger partial charge in [-0.25, -0.2) is 0 Å². The predicted molar refractivity (Wildman–Crippen MR) is 139 cm³/mol. The Morgan fingerprint density at radius 2 is 1.39 bits per heavy atom. The Morgan fingerprint density at radius 1 is 0.750 bits per heavy atom. The van der Waals surface area contributed by atoms with Crippen molar-refractivity contribution in [2.45, 2.75) is 0 Å². The third-order valence-corrected chi connectivity index (χ3v) is 6.18. The number of hydrogen-bond acceptors (Lipinski definition) is 8. The second-order valence-corrected chi connectivity index (χ2v) is 8.43. The van der Waals surface area contributed by atoms with Gasteiger partial charge >= 0.3 is 0 Å². The van der Waals surface area contributed by atoms with Gasteiger partial charge in [-0.2, -0.15) is 29.8 Å². The first-order chi connectivity index (χ1) is 17.5. The quantitative estimate of drug-likeness (QED) is 0.406. The lowest BCUT2D eigenvalue weighted by Gasteiger charge is -2.17. The predicted octanol–water partition coefficient (Wildman–Crippen LogP) is 3.66. The summed E-state index contributed by atoms with van der Waals surface area (Å²) in [5.41, 5.74) is 4.71. The second kappa shape index (κ2) is 10.3. The maximum absolute atomic E-state index is 9.96. The van der Waals surface area contributed by atoms with Gasteiger partial charge in [0.2, 0.25) is 0 Å². The molecule has 3 aromatic carbocycles. The zero-order chi connectivity index (χ0) is 25.7. The van der Waals surface area contributed by atoms with Crippen molar-refractivity contribution in [3.05, 3.63) is 93.9 Å². The van der Waals surface area contributed by atoms with E-state index in [1.54, 1.807) is 24.3 Å². The van der Waals surface area contributed by atoms with Crippen LogP contribution in [0.5, 0.6) is 0 Å². The minimum Gasteiger partial charge on any atom is -0.378 e. The van der Waals surface area contributed by atoms with E-state index >= 15 is 0 Å². The van der Waals surface area contributed by atoms with Gasteiger partial charge in [0.15, 0.2) is 0 Å². The van der Waals surface area contributed by atoms with Gasteiger partial charge in [-0.1, -0.05) is 48.5 Å². The van der Waals surface area contributed by atoms with E-state index in [9.17, 15) is 21.0 Å². The number of rotatable bonds is 4. The number of hydrogen-bond donors (Lipinski definition) is 0. The van der Waals surface area contributed by atoms with Gasteiger partial charge in [0.25, 0.3) is 0 Å². The maximum Gasteiger partial charge on any atom is 0.138 e. The molecule has 170 valence electrons. The molecule has 0 unspecified atom stereocenters. The normalized spacial score (nSPS) is 9.83. The van der Waals surface area contributed by atoms with Gasteiger partial charge in [0.05, 0.1) is 11.7 Å². The minimum atomic E-state index is -0.0624. The highest BCUT2D eigenvalue weighted by Gasteiger charge is 2.21. The largest absolute Gasteiger partial charge is 0.378 e. The third kappa shape index (κ3) is 4.41. The van der Waals surface area contributed by atoms with Crippen molar-refractivity contribution in [1.82, 2.24) is 8.75 Å². The monoisotopic (exact) mass is 483 g/mol. The van der Waals surface area contributed by atoms with Crippen LogP contribution in [0.15, 0.2) is 72.3 Å². The number of fused-ring (bicyclic) bond motifs is 1. The van der Waals surface area contributed by atoms with Gasteiger partial charge in [0.1, 0.15) is 46.5 Å². The van der Waals surface area contributed by atoms with Crippen molar-refractivity contribution < 1.29 is 0 Å². The van der Waals surface area contributed by atoms with E-state index in [-0.39, 0.29) is 11.1 Å². The van der Waals surface area contributed by atoms with Crippen LogP contribution in [0.1, 0.15) is 11.1 Å². The van der Waals surface area contributed by atoms with Gasteiger partial charge < -0.3 is 4.90 Å². The van der Waals surface area contributed by atoms with E-state index in [0.717, 1.165) is 23.0 Å². The molecule has 4 aromatic rings. The molecular formula is C28H17N7S. The SMILES string of the molecule is CN(C)c1ccc(C(C(=C(C#N)C#N)c2cccc3nsnc23)=c2ccc(=C(C#N)C#N)cc2)cc1. The molecule has 0 aliphatic carbocycles. The first kappa shape index (κ1) is 23.9. The van der Waals surface area contributed by atoms with Crippen LogP contribution < -0.4 is 15.3 Å². The Bertz CT molecular complexity index is 1740. The van der Waals surface area contributed by atoms with Crippen LogP contribution in [0.3, 0.4) is 0 Å². The highest BCUT2D eigenvalue weighted by molar-refractivity contribution is 7.00. The van der Waals surface area contributed by atoms with E-state index in [1.165, 1.54) is 0 Å². The average Bonchev–Trinajstić information content (AvgIpc) is 3.40. The molecule has 0 atom stereocenters. The number of benzene rings is 3. The molecule has 0 N–H and O–H groups in total. The topological polar surface area (TPSA) is 124 Å². The van der Waals surface area contributed by atoms with Crippen LogP contribution in [0.4, 0.5) is 5.69 Å². The lowest BCUT2D eigenvalue weighted by molar-refractivity contribution is 1.13. The summed E-state index contributed by atoms with van der Waals surface area (Å²) in [5.74, 6) is 0. The van der Waals surface area contributed by atoms with Gasteiger partial charge in [0, 0.05) is 36.1 Å². The molecule has 0 aliphatic rings. The summed E-state index contributed by atoms with van der Waals surface area (Å²) in [6.07, 6.45) is 0. The van der Waals surface area contributed by atoms with E-state index in [1.807, 2.05) is 73.6 Å². The molecule has 0 amide bonds. The van der Waals surface area contributed by atoms with E-state index in [4.69, 9.17) is 0 Å². The van der Waals surface area contributed by atoms with Crippen LogP contribution >= 0.6 is 11.7 Å². The van der Waals surface area contributed by atoms with Gasteiger partial charge in [-0.3, -0.25) is 0 Å². The first-order valence-corrected chi connectivity index (χ1v) is 11.4. The Hall–Kier alpha value is -5.28. The molecule has 1 aromatic heterocycles. The fraction of sp³-hybridized carbons (Fsp3) is 0.0714. The summed E-state index contributed by atoms with van der Waals surface area (Å²) >= 11 is 1.06. The highest BCUT2D eigenvalue weighted by Crippen LogP contribution is 2.36. The number of nitriles is 4. The van der Waals surface area contributed by atoms with E-state index < -0.39 is 0 Å². The molecule has 0 radical (unpaired) electrons. The van der Waals surface area contributed by atoms with Crippen LogP contribution in [0, 0.1) is 45.3 Å². The molecule has 4 rings (SSSR count). The fourth-order valence-corrected chi connectivity index (χ4v) is 4.43. The van der Waals surface area contributed by atoms with Gasteiger partial charge in [-0.15, -0.1) is 0 Å². The molecule has 7 nitrogen and oxygen atoms in total. The van der Waals surface area contributed by atoms with Gasteiger partial charge in [-0.05, 0) is 34.6 Å². The lowest BCUT2D eigenvalue weighted by Crippen LogP contribution is -2.15. The summed E-state index contributed by atoms with van der Waals surface area (Å²) in [6.45, 7) is 0. The van der Waals surface area contributed by atoms with Crippen LogP contribution in [-0.4, -0.2) is 22.8 Å². The third-order valence-electron chi connectivity index (χ3n) is 5.64. The Kier molecular flexibility index (Phi) is 6.85. The van der Waals surface area contributed by atoms with Crippen molar-refractivity contribution in [3.63, 3.8) is 0 Å². The molecule has 0 saturated carbocycles. The van der Waals surface area contributed by atoms with Crippen molar-refractivity contribution in [1.29, 1.82) is 21.0 Å². The van der Waals surface area contributed by atoms with Crippen LogP contribution in [-0.2, 0) is 0 Å². The van der Waals surface area contributed by atoms with E-state index in [2.05, 4.69) is 20.9 Å². The fourth-order valence-electron chi connectivity index (χ4n) is 3.88. The number of anilines is 1. The standard InChI is InChI=1S/C28H17N7S/c1-35(2)23-12-10-20(11-13-23)26(19-8-6-18(7-9-19)21(14-29)15-30)27(22(16-31)17-32)24-4-3-5-25-28(24)34-36-33-25/h3-13H,1-2H3. The smallest absolute Gasteiger partial charge is 0.138 e. The Balaban J connectivity index is 2.16.